The Morgan fingerprint density at radius 1 is 1.20 bits per heavy atom. The van der Waals surface area contributed by atoms with Gasteiger partial charge in [0.15, 0.2) is 0 Å². The fourth-order valence-electron chi connectivity index (χ4n) is 3.62. The van der Waals surface area contributed by atoms with Crippen molar-refractivity contribution < 1.29 is 9.59 Å². The van der Waals surface area contributed by atoms with Crippen LogP contribution >= 0.6 is 0 Å². The first-order valence-corrected chi connectivity index (χ1v) is 8.16. The lowest BCUT2D eigenvalue weighted by Crippen LogP contribution is -2.70. The summed E-state index contributed by atoms with van der Waals surface area (Å²) in [7, 11) is 0. The molecule has 4 heteroatoms. The standard InChI is InChI=1S/C16H28N2O2/c1-4-11-18-13(12-9-7-6-8-10-12)14(19)17-16(3,5-2)15(18)20/h12-13H,4-11H2,1-3H3,(H,17,19). The highest BCUT2D eigenvalue weighted by molar-refractivity contribution is 5.99. The zero-order valence-electron chi connectivity index (χ0n) is 13.1. The van der Waals surface area contributed by atoms with E-state index in [1.165, 1.54) is 19.3 Å². The lowest BCUT2D eigenvalue weighted by Gasteiger charge is -2.47. The smallest absolute Gasteiger partial charge is 0.248 e. The fourth-order valence-corrected chi connectivity index (χ4v) is 3.62. The first kappa shape index (κ1) is 15.3. The van der Waals surface area contributed by atoms with Crippen LogP contribution in [0.4, 0.5) is 0 Å². The number of amides is 2. The van der Waals surface area contributed by atoms with Gasteiger partial charge in [-0.2, -0.15) is 0 Å². The maximum absolute atomic E-state index is 12.8. The third-order valence-corrected chi connectivity index (χ3v) is 5.00. The first-order valence-electron chi connectivity index (χ1n) is 8.16. The van der Waals surface area contributed by atoms with E-state index >= 15 is 0 Å². The summed E-state index contributed by atoms with van der Waals surface area (Å²) in [6.45, 7) is 6.58. The van der Waals surface area contributed by atoms with Crippen LogP contribution in [0.1, 0.15) is 65.7 Å². The second-order valence-corrected chi connectivity index (χ2v) is 6.52. The molecule has 0 spiro atoms. The van der Waals surface area contributed by atoms with Crippen molar-refractivity contribution in [2.24, 2.45) is 5.92 Å². The quantitative estimate of drug-likeness (QED) is 0.860. The van der Waals surface area contributed by atoms with Crippen LogP contribution < -0.4 is 5.32 Å². The van der Waals surface area contributed by atoms with Crippen LogP contribution in [0.15, 0.2) is 0 Å². The van der Waals surface area contributed by atoms with Gasteiger partial charge in [0.05, 0.1) is 0 Å². The fraction of sp³-hybridized carbons (Fsp3) is 0.875. The highest BCUT2D eigenvalue weighted by atomic mass is 16.2. The van der Waals surface area contributed by atoms with E-state index in [1.807, 2.05) is 18.7 Å². The summed E-state index contributed by atoms with van der Waals surface area (Å²) >= 11 is 0. The number of carbonyl (C=O) groups is 2. The van der Waals surface area contributed by atoms with Crippen LogP contribution in [0.3, 0.4) is 0 Å². The molecule has 2 rings (SSSR count). The molecule has 0 aromatic carbocycles. The van der Waals surface area contributed by atoms with Crippen LogP contribution in [-0.2, 0) is 9.59 Å². The molecule has 1 saturated heterocycles. The summed E-state index contributed by atoms with van der Waals surface area (Å²) in [5.74, 6) is 0.520. The average Bonchev–Trinajstić information content (AvgIpc) is 2.46. The van der Waals surface area contributed by atoms with Crippen molar-refractivity contribution >= 4 is 11.8 Å². The number of rotatable bonds is 4. The zero-order chi connectivity index (χ0) is 14.8. The Kier molecular flexibility index (Phi) is 4.71. The van der Waals surface area contributed by atoms with Gasteiger partial charge in [0, 0.05) is 6.54 Å². The maximum Gasteiger partial charge on any atom is 0.248 e. The summed E-state index contributed by atoms with van der Waals surface area (Å²) in [5, 5.41) is 3.00. The van der Waals surface area contributed by atoms with Gasteiger partial charge in [0.1, 0.15) is 11.6 Å². The lowest BCUT2D eigenvalue weighted by molar-refractivity contribution is -0.157. The van der Waals surface area contributed by atoms with Gasteiger partial charge in [-0.05, 0) is 38.5 Å². The topological polar surface area (TPSA) is 49.4 Å². The second kappa shape index (κ2) is 6.15. The number of piperazine rings is 1. The van der Waals surface area contributed by atoms with E-state index in [4.69, 9.17) is 0 Å². The Balaban J connectivity index is 2.24. The number of hydrogen-bond acceptors (Lipinski definition) is 2. The summed E-state index contributed by atoms with van der Waals surface area (Å²) in [6, 6.07) is -0.234. The third-order valence-electron chi connectivity index (χ3n) is 5.00. The molecular formula is C16H28N2O2. The largest absolute Gasteiger partial charge is 0.340 e. The van der Waals surface area contributed by atoms with Crippen molar-refractivity contribution in [3.05, 3.63) is 0 Å². The Labute approximate surface area is 122 Å². The summed E-state index contributed by atoms with van der Waals surface area (Å²) < 4.78 is 0. The second-order valence-electron chi connectivity index (χ2n) is 6.52. The van der Waals surface area contributed by atoms with Crippen LogP contribution in [0.25, 0.3) is 0 Å². The molecule has 0 aromatic rings. The minimum Gasteiger partial charge on any atom is -0.340 e. The number of nitrogens with zero attached hydrogens (tertiary/aromatic N) is 1. The monoisotopic (exact) mass is 280 g/mol. The van der Waals surface area contributed by atoms with Crippen molar-refractivity contribution in [3.8, 4) is 0 Å². The molecule has 1 saturated carbocycles. The van der Waals surface area contributed by atoms with E-state index < -0.39 is 5.54 Å². The zero-order valence-corrected chi connectivity index (χ0v) is 13.1. The Morgan fingerprint density at radius 2 is 1.85 bits per heavy atom. The molecule has 1 N–H and O–H groups in total. The van der Waals surface area contributed by atoms with E-state index in [1.54, 1.807) is 0 Å². The minimum atomic E-state index is -0.711. The highest BCUT2D eigenvalue weighted by Gasteiger charge is 2.49. The van der Waals surface area contributed by atoms with Gasteiger partial charge in [-0.25, -0.2) is 0 Å². The number of nitrogens with one attached hydrogen (secondary N) is 1. The number of hydrogen-bond donors (Lipinski definition) is 1. The molecule has 1 aliphatic carbocycles. The molecular weight excluding hydrogens is 252 g/mol. The normalized spacial score (nSPS) is 32.4. The Bertz CT molecular complexity index is 377. The summed E-state index contributed by atoms with van der Waals surface area (Å²) in [4.78, 5) is 27.2. The van der Waals surface area contributed by atoms with Crippen LogP contribution in [0.5, 0.6) is 0 Å². The van der Waals surface area contributed by atoms with Gasteiger partial charge in [0.25, 0.3) is 0 Å². The van der Waals surface area contributed by atoms with Crippen molar-refractivity contribution in [2.45, 2.75) is 77.3 Å². The van der Waals surface area contributed by atoms with Crippen molar-refractivity contribution in [1.29, 1.82) is 0 Å². The molecule has 0 aromatic heterocycles. The van der Waals surface area contributed by atoms with E-state index in [0.29, 0.717) is 18.9 Å². The predicted molar refractivity (Wildman–Crippen MR) is 79.2 cm³/mol. The SMILES string of the molecule is CCCN1C(=O)C(C)(CC)NC(=O)C1C1CCCCC1. The molecule has 0 bridgehead atoms. The highest BCUT2D eigenvalue weighted by Crippen LogP contribution is 2.33. The first-order chi connectivity index (χ1) is 9.53. The number of carbonyl (C=O) groups excluding carboxylic acids is 2. The maximum atomic E-state index is 12.8. The van der Waals surface area contributed by atoms with E-state index in [2.05, 4.69) is 12.2 Å². The Hall–Kier alpha value is -1.06. The van der Waals surface area contributed by atoms with Crippen LogP contribution in [-0.4, -0.2) is 34.8 Å². The minimum absolute atomic E-state index is 0.0642. The van der Waals surface area contributed by atoms with Crippen LogP contribution in [0.2, 0.25) is 0 Å². The van der Waals surface area contributed by atoms with Gasteiger partial charge in [-0.15, -0.1) is 0 Å². The van der Waals surface area contributed by atoms with E-state index in [-0.39, 0.29) is 17.9 Å². The van der Waals surface area contributed by atoms with Gasteiger partial charge >= 0.3 is 0 Å². The molecule has 1 heterocycles. The third kappa shape index (κ3) is 2.70. The molecule has 2 unspecified atom stereocenters. The molecule has 2 amide bonds. The van der Waals surface area contributed by atoms with Crippen molar-refractivity contribution in [3.63, 3.8) is 0 Å². The van der Waals surface area contributed by atoms with Gasteiger partial charge in [-0.1, -0.05) is 33.1 Å². The molecule has 2 atom stereocenters. The predicted octanol–water partition coefficient (Wildman–Crippen LogP) is 2.47. The Morgan fingerprint density at radius 3 is 2.40 bits per heavy atom. The van der Waals surface area contributed by atoms with Crippen LogP contribution in [0, 0.1) is 5.92 Å². The molecule has 0 radical (unpaired) electrons. The van der Waals surface area contributed by atoms with E-state index in [9.17, 15) is 9.59 Å². The molecule has 2 fully saturated rings. The molecule has 20 heavy (non-hydrogen) atoms. The molecule has 114 valence electrons. The lowest BCUT2D eigenvalue weighted by atomic mass is 9.79. The van der Waals surface area contributed by atoms with Crippen molar-refractivity contribution in [2.75, 3.05) is 6.54 Å². The summed E-state index contributed by atoms with van der Waals surface area (Å²) in [5.41, 5.74) is -0.711. The average molecular weight is 280 g/mol. The molecule has 4 nitrogen and oxygen atoms in total. The van der Waals surface area contributed by atoms with E-state index in [0.717, 1.165) is 19.3 Å². The van der Waals surface area contributed by atoms with Crippen molar-refractivity contribution in [1.82, 2.24) is 10.2 Å². The van der Waals surface area contributed by atoms with Gasteiger partial charge in [0.2, 0.25) is 11.8 Å². The van der Waals surface area contributed by atoms with Gasteiger partial charge < -0.3 is 10.2 Å². The molecule has 2 aliphatic rings. The summed E-state index contributed by atoms with van der Waals surface area (Å²) in [6.07, 6.45) is 7.35. The van der Waals surface area contributed by atoms with Gasteiger partial charge in [-0.3, -0.25) is 9.59 Å². The molecule has 1 aliphatic heterocycles.